The number of rotatable bonds is 0. The lowest BCUT2D eigenvalue weighted by atomic mass is 9.95. The smallest absolute Gasteiger partial charge is 0.133 e. The van der Waals surface area contributed by atoms with Gasteiger partial charge in [-0.15, -0.1) is 0 Å². The molecule has 2 heteroatoms. The normalized spacial score (nSPS) is 10.4. The molecule has 0 saturated heterocycles. The summed E-state index contributed by atoms with van der Waals surface area (Å²) in [4.78, 5) is 3.78. The molecule has 0 saturated carbocycles. The molecule has 2 heterocycles. The van der Waals surface area contributed by atoms with Crippen molar-refractivity contribution in [3.8, 4) is 0 Å². The maximum atomic E-state index is 5.12. The van der Waals surface area contributed by atoms with Crippen LogP contribution in [0.3, 0.4) is 0 Å². The number of furan rings is 1. The summed E-state index contributed by atoms with van der Waals surface area (Å²) in [5.74, 6) is 0. The minimum absolute atomic E-state index is 0.956. The van der Waals surface area contributed by atoms with E-state index in [1.807, 2.05) is 48.5 Å². The van der Waals surface area contributed by atoms with Gasteiger partial charge in [-0.1, -0.05) is 97.1 Å². The van der Waals surface area contributed by atoms with Crippen LogP contribution < -0.4 is 0 Å². The van der Waals surface area contributed by atoms with Crippen molar-refractivity contribution in [1.82, 2.24) is 4.98 Å². The zero-order chi connectivity index (χ0) is 22.3. The van der Waals surface area contributed by atoms with Crippen molar-refractivity contribution >= 4 is 43.3 Å². The van der Waals surface area contributed by atoms with Crippen LogP contribution in [0, 0.1) is 0 Å². The van der Waals surface area contributed by atoms with Gasteiger partial charge in [-0.25, -0.2) is 0 Å². The quantitative estimate of drug-likeness (QED) is 0.227. The molecule has 0 aliphatic carbocycles. The topological polar surface area (TPSA) is 26.0 Å². The van der Waals surface area contributed by atoms with Crippen LogP contribution in [0.15, 0.2) is 144 Å². The van der Waals surface area contributed by atoms with Gasteiger partial charge in [-0.3, -0.25) is 4.98 Å². The lowest BCUT2D eigenvalue weighted by Gasteiger charge is -2.09. The molecule has 158 valence electrons. The van der Waals surface area contributed by atoms with Crippen LogP contribution in [0.4, 0.5) is 0 Å². The SMILES string of the molecule is c1ccc2c(c1)c1ccccc1c1ccccc21.c1ccc2occc2c1.c1ccncc1. The van der Waals surface area contributed by atoms with Gasteiger partial charge in [0.05, 0.1) is 6.26 Å². The number of benzene rings is 5. The van der Waals surface area contributed by atoms with Gasteiger partial charge in [0.25, 0.3) is 0 Å². The van der Waals surface area contributed by atoms with Crippen molar-refractivity contribution in [2.75, 3.05) is 0 Å². The van der Waals surface area contributed by atoms with E-state index in [9.17, 15) is 0 Å². The summed E-state index contributed by atoms with van der Waals surface area (Å²) < 4.78 is 5.12. The lowest BCUT2D eigenvalue weighted by Crippen LogP contribution is -1.81. The first-order chi connectivity index (χ1) is 16.4. The molecular weight excluding hydrogens is 402 g/mol. The maximum absolute atomic E-state index is 5.12. The number of nitrogens with zero attached hydrogens (tertiary/aromatic N) is 1. The third-order valence-corrected chi connectivity index (χ3v) is 5.58. The number of aromatic nitrogens is 1. The van der Waals surface area contributed by atoms with Gasteiger partial charge in [0.1, 0.15) is 5.58 Å². The predicted octanol–water partition coefficient (Wildman–Crippen LogP) is 8.66. The average molecular weight is 426 g/mol. The Labute approximate surface area is 192 Å². The Morgan fingerprint density at radius 1 is 0.394 bits per heavy atom. The third kappa shape index (κ3) is 4.46. The largest absolute Gasteiger partial charge is 0.464 e. The van der Waals surface area contributed by atoms with Crippen LogP contribution in [-0.2, 0) is 0 Å². The first-order valence-electron chi connectivity index (χ1n) is 11.0. The van der Waals surface area contributed by atoms with Gasteiger partial charge in [-0.05, 0) is 56.6 Å². The third-order valence-electron chi connectivity index (χ3n) is 5.58. The lowest BCUT2D eigenvalue weighted by molar-refractivity contribution is 0.616. The molecule has 7 aromatic rings. The molecule has 0 aliphatic rings. The second kappa shape index (κ2) is 9.80. The molecule has 0 spiro atoms. The van der Waals surface area contributed by atoms with Crippen molar-refractivity contribution < 1.29 is 4.42 Å². The van der Waals surface area contributed by atoms with Crippen LogP contribution >= 0.6 is 0 Å². The van der Waals surface area contributed by atoms with Gasteiger partial charge in [0.2, 0.25) is 0 Å². The van der Waals surface area contributed by atoms with E-state index in [4.69, 9.17) is 4.42 Å². The van der Waals surface area contributed by atoms with Gasteiger partial charge >= 0.3 is 0 Å². The van der Waals surface area contributed by atoms with Crippen LogP contribution in [0.2, 0.25) is 0 Å². The van der Waals surface area contributed by atoms with Crippen LogP contribution in [0.1, 0.15) is 0 Å². The standard InChI is InChI=1S/C18H12.C8H6O.C5H5N/c1-2-8-14-13(7-1)15-9-3-4-11-17(15)18-12-6-5-10-16(14)18;1-2-4-8-7(3-1)5-6-9-8;1-2-4-6-5-3-1/h1-12H;1-6H;1-5H. The van der Waals surface area contributed by atoms with Crippen LogP contribution in [-0.4, -0.2) is 4.98 Å². The maximum Gasteiger partial charge on any atom is 0.133 e. The first-order valence-corrected chi connectivity index (χ1v) is 11.0. The van der Waals surface area contributed by atoms with Crippen LogP contribution in [0.25, 0.3) is 43.3 Å². The monoisotopic (exact) mass is 425 g/mol. The zero-order valence-electron chi connectivity index (χ0n) is 18.1. The number of pyridine rings is 1. The summed E-state index contributed by atoms with van der Waals surface area (Å²) >= 11 is 0. The second-order valence-corrected chi connectivity index (χ2v) is 7.62. The Morgan fingerprint density at radius 3 is 1.18 bits per heavy atom. The highest BCUT2D eigenvalue weighted by molar-refractivity contribution is 6.25. The molecule has 0 radical (unpaired) electrons. The first kappa shape index (κ1) is 20.5. The molecule has 5 aromatic carbocycles. The fraction of sp³-hybridized carbons (Fsp3) is 0. The summed E-state index contributed by atoms with van der Waals surface area (Å²) in [5, 5.41) is 9.20. The number of fused-ring (bicyclic) bond motifs is 7. The summed E-state index contributed by atoms with van der Waals surface area (Å²) in [5.41, 5.74) is 0.956. The highest BCUT2D eigenvalue weighted by Gasteiger charge is 2.06. The van der Waals surface area contributed by atoms with E-state index < -0.39 is 0 Å². The Morgan fingerprint density at radius 2 is 0.818 bits per heavy atom. The summed E-state index contributed by atoms with van der Waals surface area (Å²) in [7, 11) is 0. The van der Waals surface area contributed by atoms with Crippen molar-refractivity contribution in [2.24, 2.45) is 0 Å². The Hall–Kier alpha value is -4.43. The van der Waals surface area contributed by atoms with E-state index in [0.717, 1.165) is 11.0 Å². The predicted molar refractivity (Wildman–Crippen MR) is 139 cm³/mol. The van der Waals surface area contributed by atoms with Gasteiger partial charge < -0.3 is 4.42 Å². The second-order valence-electron chi connectivity index (χ2n) is 7.62. The Balaban J connectivity index is 0.000000126. The van der Waals surface area contributed by atoms with E-state index in [-0.39, 0.29) is 0 Å². The van der Waals surface area contributed by atoms with Gasteiger partial charge in [0.15, 0.2) is 0 Å². The summed E-state index contributed by atoms with van der Waals surface area (Å²) in [6.07, 6.45) is 5.20. The molecule has 2 nitrogen and oxygen atoms in total. The van der Waals surface area contributed by atoms with Gasteiger partial charge in [0, 0.05) is 17.8 Å². The Kier molecular flexibility index (Phi) is 6.08. The summed E-state index contributed by atoms with van der Waals surface area (Å²) in [6.45, 7) is 0. The van der Waals surface area contributed by atoms with Crippen molar-refractivity contribution in [1.29, 1.82) is 0 Å². The number of hydrogen-bond acceptors (Lipinski definition) is 2. The summed E-state index contributed by atoms with van der Waals surface area (Å²) in [6, 6.07) is 41.6. The fourth-order valence-corrected chi connectivity index (χ4v) is 4.08. The zero-order valence-corrected chi connectivity index (χ0v) is 18.1. The molecule has 0 aliphatic heterocycles. The van der Waals surface area contributed by atoms with E-state index >= 15 is 0 Å². The minimum atomic E-state index is 0.956. The molecule has 0 amide bonds. The minimum Gasteiger partial charge on any atom is -0.464 e. The van der Waals surface area contributed by atoms with E-state index in [2.05, 4.69) is 77.8 Å². The molecule has 0 unspecified atom stereocenters. The highest BCUT2D eigenvalue weighted by Crippen LogP contribution is 2.34. The average Bonchev–Trinajstić information content (AvgIpc) is 3.40. The number of para-hydroxylation sites is 1. The molecular formula is C31H23NO. The van der Waals surface area contributed by atoms with E-state index in [1.54, 1.807) is 18.7 Å². The molecule has 33 heavy (non-hydrogen) atoms. The van der Waals surface area contributed by atoms with Crippen molar-refractivity contribution in [3.63, 3.8) is 0 Å². The molecule has 0 fully saturated rings. The van der Waals surface area contributed by atoms with Crippen LogP contribution in [0.5, 0.6) is 0 Å². The Bertz CT molecular complexity index is 1340. The fourth-order valence-electron chi connectivity index (χ4n) is 4.08. The highest BCUT2D eigenvalue weighted by atomic mass is 16.3. The van der Waals surface area contributed by atoms with E-state index in [1.165, 1.54) is 32.3 Å². The van der Waals surface area contributed by atoms with Crippen molar-refractivity contribution in [2.45, 2.75) is 0 Å². The molecule has 7 rings (SSSR count). The van der Waals surface area contributed by atoms with Gasteiger partial charge in [-0.2, -0.15) is 0 Å². The van der Waals surface area contributed by atoms with Crippen molar-refractivity contribution in [3.05, 3.63) is 140 Å². The molecule has 2 aromatic heterocycles. The molecule has 0 N–H and O–H groups in total. The molecule has 0 atom stereocenters. The number of hydrogen-bond donors (Lipinski definition) is 0. The van der Waals surface area contributed by atoms with E-state index in [0.29, 0.717) is 0 Å². The molecule has 0 bridgehead atoms.